The van der Waals surface area contributed by atoms with E-state index in [2.05, 4.69) is 12.2 Å². The van der Waals surface area contributed by atoms with Crippen LogP contribution < -0.4 is 5.32 Å². The van der Waals surface area contributed by atoms with Gasteiger partial charge in [-0.05, 0) is 38.1 Å². The number of rotatable bonds is 8. The van der Waals surface area contributed by atoms with Crippen LogP contribution in [0.5, 0.6) is 0 Å². The molecule has 0 saturated carbocycles. The summed E-state index contributed by atoms with van der Waals surface area (Å²) in [5, 5.41) is 11.9. The van der Waals surface area contributed by atoms with E-state index in [-0.39, 0.29) is 6.42 Å². The molecule has 0 aromatic carbocycles. The summed E-state index contributed by atoms with van der Waals surface area (Å²) >= 11 is 0. The van der Waals surface area contributed by atoms with Crippen molar-refractivity contribution in [3.63, 3.8) is 0 Å². The first-order chi connectivity index (χ1) is 7.74. The van der Waals surface area contributed by atoms with E-state index >= 15 is 0 Å². The summed E-state index contributed by atoms with van der Waals surface area (Å²) in [5.74, 6) is -0.0558. The maximum Gasteiger partial charge on any atom is 0.303 e. The van der Waals surface area contributed by atoms with Gasteiger partial charge in [0.1, 0.15) is 0 Å². The Morgan fingerprint density at radius 1 is 1.50 bits per heavy atom. The number of carboxylic acids is 1. The molecule has 1 aliphatic heterocycles. The normalized spacial score (nSPS) is 24.8. The Balaban J connectivity index is 1.96. The number of hydrogen-bond acceptors (Lipinski definition) is 3. The van der Waals surface area contributed by atoms with E-state index in [1.807, 2.05) is 0 Å². The molecule has 0 aromatic heterocycles. The minimum atomic E-state index is -0.699. The Hall–Kier alpha value is -0.610. The second kappa shape index (κ2) is 7.63. The van der Waals surface area contributed by atoms with E-state index in [1.165, 1.54) is 0 Å². The number of ether oxygens (including phenoxy) is 1. The van der Waals surface area contributed by atoms with E-state index in [4.69, 9.17) is 9.84 Å². The summed E-state index contributed by atoms with van der Waals surface area (Å²) in [5.41, 5.74) is 0. The van der Waals surface area contributed by atoms with Gasteiger partial charge in [-0.15, -0.1) is 0 Å². The third-order valence-electron chi connectivity index (χ3n) is 3.15. The minimum absolute atomic E-state index is 0.284. The van der Waals surface area contributed by atoms with Gasteiger partial charge in [-0.25, -0.2) is 0 Å². The molecule has 4 heteroatoms. The molecule has 2 unspecified atom stereocenters. The average molecular weight is 229 g/mol. The van der Waals surface area contributed by atoms with Gasteiger partial charge in [0, 0.05) is 19.6 Å². The van der Waals surface area contributed by atoms with Crippen LogP contribution in [0.3, 0.4) is 0 Å². The van der Waals surface area contributed by atoms with Crippen molar-refractivity contribution < 1.29 is 14.6 Å². The molecule has 0 aromatic rings. The molecule has 0 spiro atoms. The number of unbranched alkanes of at least 4 members (excludes halogenated alkanes) is 1. The van der Waals surface area contributed by atoms with Gasteiger partial charge in [0.05, 0.1) is 6.10 Å². The molecule has 2 N–H and O–H groups in total. The van der Waals surface area contributed by atoms with Crippen molar-refractivity contribution in [2.75, 3.05) is 19.7 Å². The lowest BCUT2D eigenvalue weighted by Crippen LogP contribution is -2.28. The fourth-order valence-electron chi connectivity index (χ4n) is 2.19. The molecule has 16 heavy (non-hydrogen) atoms. The highest BCUT2D eigenvalue weighted by atomic mass is 16.5. The van der Waals surface area contributed by atoms with Gasteiger partial charge in [0.15, 0.2) is 0 Å². The van der Waals surface area contributed by atoms with Gasteiger partial charge in [0.25, 0.3) is 0 Å². The molecule has 0 aliphatic carbocycles. The van der Waals surface area contributed by atoms with Gasteiger partial charge in [-0.1, -0.05) is 6.92 Å². The zero-order valence-electron chi connectivity index (χ0n) is 10.1. The first kappa shape index (κ1) is 13.5. The topological polar surface area (TPSA) is 58.6 Å². The number of nitrogens with one attached hydrogen (secondary N) is 1. The predicted molar refractivity (Wildman–Crippen MR) is 62.5 cm³/mol. The van der Waals surface area contributed by atoms with Crippen LogP contribution in [0.2, 0.25) is 0 Å². The van der Waals surface area contributed by atoms with Crippen LogP contribution in [-0.4, -0.2) is 36.9 Å². The zero-order valence-corrected chi connectivity index (χ0v) is 10.1. The first-order valence-electron chi connectivity index (χ1n) is 6.28. The van der Waals surface area contributed by atoms with Gasteiger partial charge in [0.2, 0.25) is 0 Å². The number of hydrogen-bond donors (Lipinski definition) is 2. The van der Waals surface area contributed by atoms with Crippen molar-refractivity contribution in [3.8, 4) is 0 Å². The Labute approximate surface area is 97.4 Å². The van der Waals surface area contributed by atoms with Crippen LogP contribution >= 0.6 is 0 Å². The van der Waals surface area contributed by atoms with Crippen molar-refractivity contribution in [3.05, 3.63) is 0 Å². The van der Waals surface area contributed by atoms with Crippen LogP contribution in [0.4, 0.5) is 0 Å². The number of carbonyl (C=O) groups is 1. The van der Waals surface area contributed by atoms with Gasteiger partial charge >= 0.3 is 5.97 Å². The summed E-state index contributed by atoms with van der Waals surface area (Å²) in [6.45, 7) is 4.98. The molecule has 0 bridgehead atoms. The highest BCUT2D eigenvalue weighted by Crippen LogP contribution is 2.22. The molecule has 2 atom stereocenters. The van der Waals surface area contributed by atoms with Crippen molar-refractivity contribution >= 4 is 5.97 Å². The van der Waals surface area contributed by atoms with Crippen LogP contribution in [0.15, 0.2) is 0 Å². The van der Waals surface area contributed by atoms with E-state index in [9.17, 15) is 4.79 Å². The standard InChI is InChI=1S/C12H23NO3/c1-2-11-10(6-8-16-11)9-13-7-4-3-5-12(14)15/h10-11,13H,2-9H2,1H3,(H,14,15). The molecule has 4 nitrogen and oxygen atoms in total. The maximum absolute atomic E-state index is 10.3. The second-order valence-electron chi connectivity index (χ2n) is 4.42. The number of aliphatic carboxylic acids is 1. The lowest BCUT2D eigenvalue weighted by atomic mass is 10.00. The average Bonchev–Trinajstić information content (AvgIpc) is 2.70. The SMILES string of the molecule is CCC1OCCC1CNCCCCC(=O)O. The molecule has 1 heterocycles. The van der Waals surface area contributed by atoms with Crippen molar-refractivity contribution in [1.29, 1.82) is 0 Å². The highest BCUT2D eigenvalue weighted by molar-refractivity contribution is 5.66. The fourth-order valence-corrected chi connectivity index (χ4v) is 2.19. The van der Waals surface area contributed by atoms with E-state index in [1.54, 1.807) is 0 Å². The molecular formula is C12H23NO3. The molecule has 1 rings (SSSR count). The summed E-state index contributed by atoms with van der Waals surface area (Å²) in [7, 11) is 0. The molecule has 1 fully saturated rings. The molecular weight excluding hydrogens is 206 g/mol. The fraction of sp³-hybridized carbons (Fsp3) is 0.917. The Kier molecular flexibility index (Phi) is 6.42. The third kappa shape index (κ3) is 4.94. The first-order valence-corrected chi connectivity index (χ1v) is 6.28. The maximum atomic E-state index is 10.3. The van der Waals surface area contributed by atoms with E-state index in [0.717, 1.165) is 45.4 Å². The van der Waals surface area contributed by atoms with Gasteiger partial charge < -0.3 is 15.2 Å². The van der Waals surface area contributed by atoms with Gasteiger partial charge in [-0.2, -0.15) is 0 Å². The Bertz CT molecular complexity index is 208. The van der Waals surface area contributed by atoms with E-state index in [0.29, 0.717) is 12.0 Å². The molecule has 1 saturated heterocycles. The van der Waals surface area contributed by atoms with Crippen molar-refractivity contribution in [1.82, 2.24) is 5.32 Å². The molecule has 0 amide bonds. The highest BCUT2D eigenvalue weighted by Gasteiger charge is 2.25. The van der Waals surface area contributed by atoms with Crippen molar-refractivity contribution in [2.24, 2.45) is 5.92 Å². The minimum Gasteiger partial charge on any atom is -0.481 e. The molecule has 94 valence electrons. The zero-order chi connectivity index (χ0) is 11.8. The quantitative estimate of drug-likeness (QED) is 0.621. The largest absolute Gasteiger partial charge is 0.481 e. The van der Waals surface area contributed by atoms with E-state index < -0.39 is 5.97 Å². The lowest BCUT2D eigenvalue weighted by molar-refractivity contribution is -0.137. The molecule has 1 aliphatic rings. The van der Waals surface area contributed by atoms with Crippen LogP contribution in [0.1, 0.15) is 39.0 Å². The number of carboxylic acid groups (broad SMARTS) is 1. The van der Waals surface area contributed by atoms with Crippen LogP contribution in [0, 0.1) is 5.92 Å². The lowest BCUT2D eigenvalue weighted by Gasteiger charge is -2.17. The van der Waals surface area contributed by atoms with Crippen molar-refractivity contribution in [2.45, 2.75) is 45.1 Å². The summed E-state index contributed by atoms with van der Waals surface area (Å²) in [4.78, 5) is 10.3. The van der Waals surface area contributed by atoms with Gasteiger partial charge in [-0.3, -0.25) is 4.79 Å². The summed E-state index contributed by atoms with van der Waals surface area (Å²) < 4.78 is 5.61. The summed E-state index contributed by atoms with van der Waals surface area (Å²) in [6.07, 6.45) is 4.65. The van der Waals surface area contributed by atoms with Crippen LogP contribution in [-0.2, 0) is 9.53 Å². The monoisotopic (exact) mass is 229 g/mol. The summed E-state index contributed by atoms with van der Waals surface area (Å²) in [6, 6.07) is 0. The predicted octanol–water partition coefficient (Wildman–Crippen LogP) is 1.65. The van der Waals surface area contributed by atoms with Crippen LogP contribution in [0.25, 0.3) is 0 Å². The molecule has 0 radical (unpaired) electrons. The smallest absolute Gasteiger partial charge is 0.303 e. The second-order valence-corrected chi connectivity index (χ2v) is 4.42. The Morgan fingerprint density at radius 3 is 3.00 bits per heavy atom. The third-order valence-corrected chi connectivity index (χ3v) is 3.15. The Morgan fingerprint density at radius 2 is 2.31 bits per heavy atom.